The molecule has 5 nitrogen and oxygen atoms in total. The molecule has 2 aliphatic rings. The normalized spacial score (nSPS) is 27.8. The fraction of sp³-hybridized carbons (Fsp3) is 0.529. The third-order valence-corrected chi connectivity index (χ3v) is 4.63. The van der Waals surface area contributed by atoms with Gasteiger partial charge in [0.1, 0.15) is 6.04 Å². The lowest BCUT2D eigenvalue weighted by atomic mass is 9.72. The zero-order valence-electron chi connectivity index (χ0n) is 13.0. The van der Waals surface area contributed by atoms with Crippen molar-refractivity contribution in [3.63, 3.8) is 0 Å². The lowest BCUT2D eigenvalue weighted by Crippen LogP contribution is -2.53. The summed E-state index contributed by atoms with van der Waals surface area (Å²) in [4.78, 5) is 26.4. The van der Waals surface area contributed by atoms with Gasteiger partial charge in [0.25, 0.3) is 0 Å². The van der Waals surface area contributed by atoms with Gasteiger partial charge in [-0.2, -0.15) is 0 Å². The van der Waals surface area contributed by atoms with Crippen LogP contribution in [0.3, 0.4) is 0 Å². The first kappa shape index (κ1) is 15.0. The molecule has 0 radical (unpaired) electrons. The van der Waals surface area contributed by atoms with Gasteiger partial charge in [0.15, 0.2) is 0 Å². The molecule has 0 aromatic heterocycles. The molecule has 1 heterocycles. The second-order valence-corrected chi connectivity index (χ2v) is 6.70. The van der Waals surface area contributed by atoms with Crippen molar-refractivity contribution < 1.29 is 14.7 Å². The first-order valence-corrected chi connectivity index (χ1v) is 7.79. The van der Waals surface area contributed by atoms with E-state index in [0.717, 1.165) is 12.1 Å². The summed E-state index contributed by atoms with van der Waals surface area (Å²) < 4.78 is 0. The quantitative estimate of drug-likeness (QED) is 0.882. The minimum atomic E-state index is -0.733. The van der Waals surface area contributed by atoms with Gasteiger partial charge in [0.2, 0.25) is 11.8 Å². The third-order valence-electron chi connectivity index (χ3n) is 4.63. The SMILES string of the molecule is CC(NC(=O)C1CC(C)(O)C1)C(=O)N1CCc2ccccc21. The van der Waals surface area contributed by atoms with E-state index in [0.29, 0.717) is 19.4 Å². The van der Waals surface area contributed by atoms with Crippen molar-refractivity contribution in [3.8, 4) is 0 Å². The molecule has 22 heavy (non-hydrogen) atoms. The number of hydrogen-bond donors (Lipinski definition) is 2. The van der Waals surface area contributed by atoms with Crippen molar-refractivity contribution in [3.05, 3.63) is 29.8 Å². The lowest BCUT2D eigenvalue weighted by Gasteiger charge is -2.40. The van der Waals surface area contributed by atoms with Crippen LogP contribution in [0.1, 0.15) is 32.3 Å². The first-order valence-electron chi connectivity index (χ1n) is 7.79. The van der Waals surface area contributed by atoms with E-state index in [-0.39, 0.29) is 17.7 Å². The highest BCUT2D eigenvalue weighted by atomic mass is 16.3. The molecule has 3 rings (SSSR count). The summed E-state index contributed by atoms with van der Waals surface area (Å²) in [7, 11) is 0. The van der Waals surface area contributed by atoms with Gasteiger partial charge < -0.3 is 15.3 Å². The minimum absolute atomic E-state index is 0.0793. The number of hydrogen-bond acceptors (Lipinski definition) is 3. The largest absolute Gasteiger partial charge is 0.390 e. The molecule has 1 unspecified atom stereocenters. The number of aliphatic hydroxyl groups is 1. The molecular formula is C17H22N2O3. The van der Waals surface area contributed by atoms with E-state index in [1.165, 1.54) is 5.56 Å². The maximum Gasteiger partial charge on any atom is 0.249 e. The summed E-state index contributed by atoms with van der Waals surface area (Å²) in [5.41, 5.74) is 1.38. The van der Waals surface area contributed by atoms with E-state index in [4.69, 9.17) is 0 Å². The monoisotopic (exact) mass is 302 g/mol. The Labute approximate surface area is 130 Å². The van der Waals surface area contributed by atoms with Crippen molar-refractivity contribution in [1.82, 2.24) is 5.32 Å². The van der Waals surface area contributed by atoms with Crippen LogP contribution in [0.5, 0.6) is 0 Å². The number of benzene rings is 1. The van der Waals surface area contributed by atoms with E-state index in [1.54, 1.807) is 18.7 Å². The summed E-state index contributed by atoms with van der Waals surface area (Å²) in [5.74, 6) is -0.402. The Bertz CT molecular complexity index is 604. The molecule has 2 amide bonds. The van der Waals surface area contributed by atoms with E-state index in [1.807, 2.05) is 24.3 Å². The van der Waals surface area contributed by atoms with Crippen LogP contribution in [0.15, 0.2) is 24.3 Å². The van der Waals surface area contributed by atoms with Gasteiger partial charge in [-0.05, 0) is 44.7 Å². The lowest BCUT2D eigenvalue weighted by molar-refractivity contribution is -0.141. The number of rotatable bonds is 3. The fourth-order valence-corrected chi connectivity index (χ4v) is 3.38. The number of carbonyl (C=O) groups is 2. The summed E-state index contributed by atoms with van der Waals surface area (Å²) in [6.45, 7) is 4.11. The Balaban J connectivity index is 1.60. The molecule has 1 fully saturated rings. The second kappa shape index (κ2) is 5.39. The van der Waals surface area contributed by atoms with Crippen LogP contribution in [0.25, 0.3) is 0 Å². The smallest absolute Gasteiger partial charge is 0.249 e. The zero-order chi connectivity index (χ0) is 15.9. The molecule has 1 aliphatic carbocycles. The predicted molar refractivity (Wildman–Crippen MR) is 83.5 cm³/mol. The van der Waals surface area contributed by atoms with Gasteiger partial charge in [0, 0.05) is 18.2 Å². The molecule has 0 bridgehead atoms. The number of nitrogens with zero attached hydrogens (tertiary/aromatic N) is 1. The van der Waals surface area contributed by atoms with Crippen LogP contribution >= 0.6 is 0 Å². The van der Waals surface area contributed by atoms with Crippen molar-refractivity contribution in [1.29, 1.82) is 0 Å². The molecule has 5 heteroatoms. The maximum atomic E-state index is 12.6. The van der Waals surface area contributed by atoms with Gasteiger partial charge in [-0.3, -0.25) is 9.59 Å². The number of fused-ring (bicyclic) bond motifs is 1. The molecule has 0 spiro atoms. The van der Waals surface area contributed by atoms with Gasteiger partial charge in [-0.15, -0.1) is 0 Å². The van der Waals surface area contributed by atoms with Crippen molar-refractivity contribution >= 4 is 17.5 Å². The fourth-order valence-electron chi connectivity index (χ4n) is 3.38. The van der Waals surface area contributed by atoms with Crippen LogP contribution in [-0.2, 0) is 16.0 Å². The standard InChI is InChI=1S/C17H22N2O3/c1-11(18-15(20)13-9-17(2,22)10-13)16(21)19-8-7-12-5-3-4-6-14(12)19/h3-6,11,13,22H,7-10H2,1-2H3,(H,18,20). The maximum absolute atomic E-state index is 12.6. The third kappa shape index (κ3) is 2.73. The number of para-hydroxylation sites is 1. The molecule has 2 N–H and O–H groups in total. The van der Waals surface area contributed by atoms with E-state index in [2.05, 4.69) is 5.32 Å². The summed E-state index contributed by atoms with van der Waals surface area (Å²) >= 11 is 0. The Morgan fingerprint density at radius 3 is 2.73 bits per heavy atom. The van der Waals surface area contributed by atoms with Gasteiger partial charge in [-0.25, -0.2) is 0 Å². The molecule has 1 aliphatic heterocycles. The summed E-state index contributed by atoms with van der Waals surface area (Å²) in [6.07, 6.45) is 1.78. The van der Waals surface area contributed by atoms with Crippen molar-refractivity contribution in [2.24, 2.45) is 5.92 Å². The highest BCUT2D eigenvalue weighted by Gasteiger charge is 2.43. The van der Waals surface area contributed by atoms with Crippen LogP contribution < -0.4 is 10.2 Å². The molecular weight excluding hydrogens is 280 g/mol. The Morgan fingerprint density at radius 2 is 2.05 bits per heavy atom. The van der Waals surface area contributed by atoms with Gasteiger partial charge in [-0.1, -0.05) is 18.2 Å². The minimum Gasteiger partial charge on any atom is -0.390 e. The highest BCUT2D eigenvalue weighted by Crippen LogP contribution is 2.37. The number of amides is 2. The number of carbonyl (C=O) groups excluding carboxylic acids is 2. The van der Waals surface area contributed by atoms with Crippen molar-refractivity contribution in [2.45, 2.75) is 44.8 Å². The highest BCUT2D eigenvalue weighted by molar-refractivity contribution is 6.00. The molecule has 118 valence electrons. The summed E-state index contributed by atoms with van der Waals surface area (Å²) in [5, 5.41) is 12.5. The van der Waals surface area contributed by atoms with Crippen LogP contribution in [0.2, 0.25) is 0 Å². The Morgan fingerprint density at radius 1 is 1.36 bits per heavy atom. The summed E-state index contributed by atoms with van der Waals surface area (Å²) in [6, 6.07) is 7.31. The van der Waals surface area contributed by atoms with E-state index < -0.39 is 11.6 Å². The Hall–Kier alpha value is -1.88. The van der Waals surface area contributed by atoms with Crippen LogP contribution in [-0.4, -0.2) is 35.1 Å². The van der Waals surface area contributed by atoms with Crippen molar-refractivity contribution in [2.75, 3.05) is 11.4 Å². The topological polar surface area (TPSA) is 69.6 Å². The van der Waals surface area contributed by atoms with Crippen LogP contribution in [0, 0.1) is 5.92 Å². The van der Waals surface area contributed by atoms with Gasteiger partial charge in [0.05, 0.1) is 5.60 Å². The van der Waals surface area contributed by atoms with Crippen LogP contribution in [0.4, 0.5) is 5.69 Å². The molecule has 1 aromatic rings. The second-order valence-electron chi connectivity index (χ2n) is 6.70. The molecule has 1 saturated carbocycles. The number of anilines is 1. The van der Waals surface area contributed by atoms with E-state index >= 15 is 0 Å². The molecule has 1 atom stereocenters. The number of nitrogens with one attached hydrogen (secondary N) is 1. The van der Waals surface area contributed by atoms with Gasteiger partial charge >= 0.3 is 0 Å². The first-order chi connectivity index (χ1) is 10.4. The Kier molecular flexibility index (Phi) is 3.68. The van der Waals surface area contributed by atoms with E-state index in [9.17, 15) is 14.7 Å². The average molecular weight is 302 g/mol. The predicted octanol–water partition coefficient (Wildman–Crippen LogP) is 1.24. The average Bonchev–Trinajstić information content (AvgIpc) is 2.87. The molecule has 1 aromatic carbocycles. The molecule has 0 saturated heterocycles. The zero-order valence-corrected chi connectivity index (χ0v) is 13.0.